The normalized spacial score (nSPS) is 49.9. The maximum Gasteiger partial charge on any atom is 0.309 e. The molecule has 4 heteroatoms. The van der Waals surface area contributed by atoms with Crippen molar-refractivity contribution in [2.24, 2.45) is 34.0 Å². The molecule has 0 amide bonds. The summed E-state index contributed by atoms with van der Waals surface area (Å²) in [4.78, 5) is 24.2. The van der Waals surface area contributed by atoms with Crippen molar-refractivity contribution in [3.05, 3.63) is 12.2 Å². The van der Waals surface area contributed by atoms with Crippen molar-refractivity contribution in [1.29, 1.82) is 0 Å². The number of carbonyl (C=O) groups excluding carboxylic acids is 1. The fraction of sp³-hybridized carbons (Fsp3) is 0.818. The third-order valence-electron chi connectivity index (χ3n) is 8.92. The molecular formula is C22H32O4. The molecule has 0 unspecified atom stereocenters. The van der Waals surface area contributed by atoms with E-state index in [9.17, 15) is 14.7 Å². The molecule has 144 valence electrons. The quantitative estimate of drug-likeness (QED) is 0.578. The smallest absolute Gasteiger partial charge is 0.309 e. The first kappa shape index (κ1) is 18.1. The summed E-state index contributed by atoms with van der Waals surface area (Å²) in [7, 11) is 0. The minimum Gasteiger partial charge on any atom is -0.481 e. The van der Waals surface area contributed by atoms with Gasteiger partial charge in [0.05, 0.1) is 5.41 Å². The van der Waals surface area contributed by atoms with E-state index in [1.54, 1.807) is 0 Å². The lowest BCUT2D eigenvalue weighted by molar-refractivity contribution is -0.218. The Labute approximate surface area is 156 Å². The van der Waals surface area contributed by atoms with Gasteiger partial charge in [0, 0.05) is 12.3 Å². The van der Waals surface area contributed by atoms with Crippen LogP contribution in [0.25, 0.3) is 0 Å². The zero-order valence-corrected chi connectivity index (χ0v) is 16.3. The highest BCUT2D eigenvalue weighted by atomic mass is 16.5. The van der Waals surface area contributed by atoms with E-state index in [2.05, 4.69) is 13.5 Å². The molecule has 0 radical (unpaired) electrons. The Hall–Kier alpha value is -1.32. The van der Waals surface area contributed by atoms with Gasteiger partial charge in [0.25, 0.3) is 0 Å². The van der Waals surface area contributed by atoms with E-state index in [1.807, 2.05) is 6.92 Å². The number of carboxylic acids is 1. The molecule has 0 aliphatic heterocycles. The first-order chi connectivity index (χ1) is 12.1. The van der Waals surface area contributed by atoms with Crippen LogP contribution in [0.2, 0.25) is 0 Å². The minimum atomic E-state index is -0.723. The number of ether oxygens (including phenoxy) is 1. The zero-order valence-electron chi connectivity index (χ0n) is 16.3. The number of hydrogen-bond acceptors (Lipinski definition) is 3. The van der Waals surface area contributed by atoms with E-state index in [0.29, 0.717) is 18.3 Å². The molecule has 0 aromatic heterocycles. The number of carboxylic acid groups (broad SMARTS) is 1. The Kier molecular flexibility index (Phi) is 3.88. The second-order valence-corrected chi connectivity index (χ2v) is 10.1. The summed E-state index contributed by atoms with van der Waals surface area (Å²) in [5.74, 6) is 0.118. The Balaban J connectivity index is 1.82. The Morgan fingerprint density at radius 3 is 2.58 bits per heavy atom. The van der Waals surface area contributed by atoms with Gasteiger partial charge in [-0.3, -0.25) is 9.59 Å². The van der Waals surface area contributed by atoms with Crippen LogP contribution in [0.4, 0.5) is 0 Å². The molecular weight excluding hydrogens is 328 g/mol. The highest BCUT2D eigenvalue weighted by molar-refractivity contribution is 5.75. The summed E-state index contributed by atoms with van der Waals surface area (Å²) < 4.78 is 5.92. The van der Waals surface area contributed by atoms with Gasteiger partial charge in [-0.05, 0) is 75.0 Å². The van der Waals surface area contributed by atoms with Crippen molar-refractivity contribution >= 4 is 11.9 Å². The van der Waals surface area contributed by atoms with Crippen LogP contribution < -0.4 is 0 Å². The molecule has 2 bridgehead atoms. The van der Waals surface area contributed by atoms with Crippen LogP contribution >= 0.6 is 0 Å². The number of allylic oxidation sites excluding steroid dienone is 1. The van der Waals surface area contributed by atoms with Crippen molar-refractivity contribution in [2.45, 2.75) is 78.2 Å². The number of aliphatic carboxylic acids is 1. The van der Waals surface area contributed by atoms with Gasteiger partial charge in [0.2, 0.25) is 0 Å². The predicted molar refractivity (Wildman–Crippen MR) is 98.4 cm³/mol. The monoisotopic (exact) mass is 360 g/mol. The van der Waals surface area contributed by atoms with Crippen LogP contribution in [0.15, 0.2) is 12.2 Å². The molecule has 4 rings (SSSR count). The summed E-state index contributed by atoms with van der Waals surface area (Å²) >= 11 is 0. The lowest BCUT2D eigenvalue weighted by atomic mass is 9.40. The summed E-state index contributed by atoms with van der Waals surface area (Å²) in [6.07, 6.45) is 7.62. The van der Waals surface area contributed by atoms with E-state index < -0.39 is 11.4 Å². The average molecular weight is 360 g/mol. The van der Waals surface area contributed by atoms with Crippen molar-refractivity contribution < 1.29 is 19.4 Å². The molecule has 1 spiro atoms. The van der Waals surface area contributed by atoms with Crippen LogP contribution in [-0.2, 0) is 14.3 Å². The summed E-state index contributed by atoms with van der Waals surface area (Å²) in [5.41, 5.74) is 0.591. The second-order valence-electron chi connectivity index (χ2n) is 10.1. The van der Waals surface area contributed by atoms with Gasteiger partial charge in [0.15, 0.2) is 0 Å². The molecule has 1 N–H and O–H groups in total. The van der Waals surface area contributed by atoms with E-state index in [1.165, 1.54) is 12.5 Å². The Morgan fingerprint density at radius 1 is 1.19 bits per heavy atom. The SMILES string of the molecule is C=C1C[C@@]23C[C@@H]1CC[C@@H]2[C@@]1(C)CCC[C@@](C)(C(=O)O)[C@@H]1C[C@H]3OC(C)=O. The number of rotatable bonds is 2. The van der Waals surface area contributed by atoms with Crippen LogP contribution in [-0.4, -0.2) is 23.1 Å². The first-order valence-corrected chi connectivity index (χ1v) is 10.2. The molecule has 26 heavy (non-hydrogen) atoms. The average Bonchev–Trinajstić information content (AvgIpc) is 2.79. The first-order valence-electron chi connectivity index (χ1n) is 10.2. The zero-order chi connectivity index (χ0) is 18.9. The Morgan fingerprint density at radius 2 is 1.92 bits per heavy atom. The van der Waals surface area contributed by atoms with Crippen molar-refractivity contribution in [2.75, 3.05) is 0 Å². The van der Waals surface area contributed by atoms with Gasteiger partial charge in [-0.2, -0.15) is 0 Å². The maximum absolute atomic E-state index is 12.2. The molecule has 4 saturated carbocycles. The third kappa shape index (κ3) is 2.20. The summed E-state index contributed by atoms with van der Waals surface area (Å²) in [6, 6.07) is 0. The predicted octanol–water partition coefficient (Wildman–Crippen LogP) is 4.58. The number of hydrogen-bond donors (Lipinski definition) is 1. The molecule has 4 nitrogen and oxygen atoms in total. The number of fused-ring (bicyclic) bond motifs is 3. The molecule has 4 aliphatic rings. The van der Waals surface area contributed by atoms with Gasteiger partial charge in [0.1, 0.15) is 6.10 Å². The standard InChI is InChI=1S/C22H32O4/c1-13-11-22-12-15(13)6-7-16(22)20(3)8-5-9-21(4,19(24)25)17(20)10-18(22)26-14(2)23/h15-18H,1,5-12H2,2-4H3,(H,24,25)/t15-,16+,17+,18+,20+,21+,22+/m0/s1. The largest absolute Gasteiger partial charge is 0.481 e. The number of carbonyl (C=O) groups is 2. The highest BCUT2D eigenvalue weighted by Crippen LogP contribution is 2.72. The second kappa shape index (κ2) is 5.59. The maximum atomic E-state index is 12.2. The topological polar surface area (TPSA) is 63.6 Å². The van der Waals surface area contributed by atoms with Crippen molar-refractivity contribution in [3.63, 3.8) is 0 Å². The number of esters is 1. The molecule has 0 heterocycles. The van der Waals surface area contributed by atoms with Crippen molar-refractivity contribution in [1.82, 2.24) is 0 Å². The van der Waals surface area contributed by atoms with Gasteiger partial charge in [-0.1, -0.05) is 25.5 Å². The molecule has 0 saturated heterocycles. The van der Waals surface area contributed by atoms with Crippen LogP contribution in [0.1, 0.15) is 72.1 Å². The van der Waals surface area contributed by atoms with Gasteiger partial charge < -0.3 is 9.84 Å². The molecule has 0 aromatic rings. The molecule has 4 aliphatic carbocycles. The summed E-state index contributed by atoms with van der Waals surface area (Å²) in [6.45, 7) is 10.1. The van der Waals surface area contributed by atoms with Gasteiger partial charge >= 0.3 is 11.9 Å². The molecule has 4 fully saturated rings. The van der Waals surface area contributed by atoms with Crippen LogP contribution in [0.5, 0.6) is 0 Å². The van der Waals surface area contributed by atoms with Crippen LogP contribution in [0, 0.1) is 34.0 Å². The lowest BCUT2D eigenvalue weighted by Crippen LogP contribution is -2.63. The highest BCUT2D eigenvalue weighted by Gasteiger charge is 2.69. The summed E-state index contributed by atoms with van der Waals surface area (Å²) in [5, 5.41) is 10.1. The fourth-order valence-corrected chi connectivity index (χ4v) is 7.86. The third-order valence-corrected chi connectivity index (χ3v) is 8.92. The van der Waals surface area contributed by atoms with Crippen LogP contribution in [0.3, 0.4) is 0 Å². The lowest BCUT2D eigenvalue weighted by Gasteiger charge is -2.65. The molecule has 7 atom stereocenters. The minimum absolute atomic E-state index is 0.0115. The fourth-order valence-electron chi connectivity index (χ4n) is 7.86. The van der Waals surface area contributed by atoms with E-state index >= 15 is 0 Å². The van der Waals surface area contributed by atoms with Gasteiger partial charge in [-0.25, -0.2) is 0 Å². The van der Waals surface area contributed by atoms with E-state index in [0.717, 1.165) is 44.9 Å². The van der Waals surface area contributed by atoms with E-state index in [-0.39, 0.29) is 28.8 Å². The van der Waals surface area contributed by atoms with Gasteiger partial charge in [-0.15, -0.1) is 0 Å². The van der Waals surface area contributed by atoms with E-state index in [4.69, 9.17) is 4.74 Å². The Bertz CT molecular complexity index is 669. The van der Waals surface area contributed by atoms with Crippen molar-refractivity contribution in [3.8, 4) is 0 Å². The molecule has 0 aromatic carbocycles.